The molecule has 1 aliphatic rings. The number of aryl methyl sites for hydroxylation is 1. The van der Waals surface area contributed by atoms with Crippen LogP contribution in [-0.2, 0) is 6.42 Å². The van der Waals surface area contributed by atoms with Gasteiger partial charge in [0.1, 0.15) is 5.75 Å². The van der Waals surface area contributed by atoms with Crippen LogP contribution in [0.3, 0.4) is 0 Å². The zero-order valence-corrected chi connectivity index (χ0v) is 15.1. The van der Waals surface area contributed by atoms with Crippen molar-refractivity contribution in [1.29, 1.82) is 0 Å². The third kappa shape index (κ3) is 5.99. The maximum Gasteiger partial charge on any atom is 0.122 e. The lowest BCUT2D eigenvalue weighted by Gasteiger charge is -2.25. The van der Waals surface area contributed by atoms with Crippen molar-refractivity contribution < 1.29 is 4.74 Å². The lowest BCUT2D eigenvalue weighted by atomic mass is 9.83. The van der Waals surface area contributed by atoms with E-state index in [1.807, 2.05) is 6.92 Å². The molecule has 1 N–H and O–H groups in total. The van der Waals surface area contributed by atoms with Crippen molar-refractivity contribution in [2.45, 2.75) is 58.9 Å². The van der Waals surface area contributed by atoms with Gasteiger partial charge >= 0.3 is 0 Å². The van der Waals surface area contributed by atoms with Crippen molar-refractivity contribution in [2.75, 3.05) is 13.2 Å². The fourth-order valence-corrected chi connectivity index (χ4v) is 2.95. The molecule has 1 aliphatic carbocycles. The fraction of sp³-hybridized carbons (Fsp3) is 0.667. The van der Waals surface area contributed by atoms with Crippen molar-refractivity contribution in [1.82, 2.24) is 5.32 Å². The Morgan fingerprint density at radius 3 is 2.71 bits per heavy atom. The summed E-state index contributed by atoms with van der Waals surface area (Å²) in [7, 11) is 0. The molecular weight excluding hydrogens is 326 g/mol. The van der Waals surface area contributed by atoms with Crippen LogP contribution in [0.25, 0.3) is 0 Å². The summed E-state index contributed by atoms with van der Waals surface area (Å²) in [6.07, 6.45) is 6.24. The van der Waals surface area contributed by atoms with Crippen molar-refractivity contribution in [3.8, 4) is 5.75 Å². The first kappa shape index (κ1) is 16.8. The molecule has 1 aromatic rings. The molecule has 0 amide bonds. The molecule has 1 fully saturated rings. The topological polar surface area (TPSA) is 21.3 Å². The molecule has 0 atom stereocenters. The monoisotopic (exact) mass is 353 g/mol. The van der Waals surface area contributed by atoms with Gasteiger partial charge in [0.05, 0.1) is 6.61 Å². The number of hydrogen-bond acceptors (Lipinski definition) is 2. The SMILES string of the molecule is CCOc1ccc(Br)cc1CCC(C)(C)CCNC1CC1. The number of halogens is 1. The van der Waals surface area contributed by atoms with E-state index in [0.717, 1.165) is 35.8 Å². The highest BCUT2D eigenvalue weighted by Crippen LogP contribution is 2.31. The quantitative estimate of drug-likeness (QED) is 0.678. The van der Waals surface area contributed by atoms with Crippen LogP contribution in [0.2, 0.25) is 0 Å². The van der Waals surface area contributed by atoms with E-state index in [2.05, 4.69) is 53.3 Å². The number of benzene rings is 1. The van der Waals surface area contributed by atoms with E-state index in [9.17, 15) is 0 Å². The lowest BCUT2D eigenvalue weighted by Crippen LogP contribution is -2.24. The molecule has 0 bridgehead atoms. The Morgan fingerprint density at radius 1 is 1.29 bits per heavy atom. The molecule has 1 saturated carbocycles. The van der Waals surface area contributed by atoms with E-state index >= 15 is 0 Å². The van der Waals surface area contributed by atoms with Crippen molar-refractivity contribution in [3.63, 3.8) is 0 Å². The van der Waals surface area contributed by atoms with Gasteiger partial charge in [0.2, 0.25) is 0 Å². The van der Waals surface area contributed by atoms with E-state index in [-0.39, 0.29) is 0 Å². The van der Waals surface area contributed by atoms with Crippen LogP contribution >= 0.6 is 15.9 Å². The molecule has 21 heavy (non-hydrogen) atoms. The maximum absolute atomic E-state index is 5.74. The molecule has 0 unspecified atom stereocenters. The van der Waals surface area contributed by atoms with Crippen LogP contribution < -0.4 is 10.1 Å². The summed E-state index contributed by atoms with van der Waals surface area (Å²) in [6.45, 7) is 8.66. The minimum absolute atomic E-state index is 0.369. The van der Waals surface area contributed by atoms with Crippen molar-refractivity contribution in [3.05, 3.63) is 28.2 Å². The highest BCUT2D eigenvalue weighted by molar-refractivity contribution is 9.10. The van der Waals surface area contributed by atoms with Gasteiger partial charge in [-0.1, -0.05) is 29.8 Å². The molecule has 0 saturated heterocycles. The third-order valence-corrected chi connectivity index (χ3v) is 4.70. The summed E-state index contributed by atoms with van der Waals surface area (Å²) in [6, 6.07) is 7.14. The van der Waals surface area contributed by atoms with E-state index in [4.69, 9.17) is 4.74 Å². The van der Waals surface area contributed by atoms with E-state index in [1.54, 1.807) is 0 Å². The van der Waals surface area contributed by atoms with Gasteiger partial charge < -0.3 is 10.1 Å². The molecule has 2 rings (SSSR count). The Balaban J connectivity index is 1.86. The number of ether oxygens (including phenoxy) is 1. The third-order valence-electron chi connectivity index (χ3n) is 4.21. The van der Waals surface area contributed by atoms with Crippen LogP contribution in [0.1, 0.15) is 52.0 Å². The molecule has 3 heteroatoms. The molecule has 0 heterocycles. The molecule has 1 aromatic carbocycles. The van der Waals surface area contributed by atoms with Gasteiger partial charge in [-0.25, -0.2) is 0 Å². The van der Waals surface area contributed by atoms with Crippen LogP contribution in [0, 0.1) is 5.41 Å². The van der Waals surface area contributed by atoms with E-state index in [1.165, 1.54) is 31.2 Å². The molecule has 0 aromatic heterocycles. The molecule has 0 spiro atoms. The standard InChI is InChI=1S/C18H28BrNO/c1-4-21-17-8-5-15(19)13-14(17)9-10-18(2,3)11-12-20-16-6-7-16/h5,8,13,16,20H,4,6-7,9-12H2,1-3H3. The summed E-state index contributed by atoms with van der Waals surface area (Å²) in [5, 5.41) is 3.62. The van der Waals surface area contributed by atoms with E-state index < -0.39 is 0 Å². The second-order valence-electron chi connectivity index (χ2n) is 6.83. The largest absolute Gasteiger partial charge is 0.494 e. The first-order valence-electron chi connectivity index (χ1n) is 8.15. The Kier molecular flexibility index (Phi) is 6.12. The Labute approximate surface area is 137 Å². The van der Waals surface area contributed by atoms with Gasteiger partial charge in [0, 0.05) is 10.5 Å². The number of hydrogen-bond donors (Lipinski definition) is 1. The van der Waals surface area contributed by atoms with Gasteiger partial charge in [0.15, 0.2) is 0 Å². The predicted octanol–water partition coefficient (Wildman–Crippen LogP) is 4.95. The van der Waals surface area contributed by atoms with Crippen molar-refractivity contribution in [2.24, 2.45) is 5.41 Å². The van der Waals surface area contributed by atoms with Gasteiger partial charge in [-0.3, -0.25) is 0 Å². The maximum atomic E-state index is 5.74. The molecule has 0 radical (unpaired) electrons. The lowest BCUT2D eigenvalue weighted by molar-refractivity contribution is 0.296. The van der Waals surface area contributed by atoms with Gasteiger partial charge in [0.25, 0.3) is 0 Å². The summed E-state index contributed by atoms with van der Waals surface area (Å²) < 4.78 is 6.88. The number of nitrogens with one attached hydrogen (secondary N) is 1. The highest BCUT2D eigenvalue weighted by Gasteiger charge is 2.23. The minimum Gasteiger partial charge on any atom is -0.494 e. The number of rotatable bonds is 9. The normalized spacial score (nSPS) is 15.2. The first-order valence-corrected chi connectivity index (χ1v) is 8.94. The smallest absolute Gasteiger partial charge is 0.122 e. The Bertz CT molecular complexity index is 455. The van der Waals surface area contributed by atoms with Crippen molar-refractivity contribution >= 4 is 15.9 Å². The van der Waals surface area contributed by atoms with Gasteiger partial charge in [-0.2, -0.15) is 0 Å². The summed E-state index contributed by atoms with van der Waals surface area (Å²) in [4.78, 5) is 0. The summed E-state index contributed by atoms with van der Waals surface area (Å²) >= 11 is 3.57. The minimum atomic E-state index is 0.369. The van der Waals surface area contributed by atoms with Crippen LogP contribution in [0.4, 0.5) is 0 Å². The second kappa shape index (κ2) is 7.64. The van der Waals surface area contributed by atoms with E-state index in [0.29, 0.717) is 5.41 Å². The van der Waals surface area contributed by atoms with Gasteiger partial charge in [-0.05, 0) is 74.8 Å². The summed E-state index contributed by atoms with van der Waals surface area (Å²) in [5.41, 5.74) is 1.68. The van der Waals surface area contributed by atoms with Crippen LogP contribution in [0.15, 0.2) is 22.7 Å². The average molecular weight is 354 g/mol. The Morgan fingerprint density at radius 2 is 2.05 bits per heavy atom. The average Bonchev–Trinajstić information content (AvgIpc) is 3.23. The second-order valence-corrected chi connectivity index (χ2v) is 7.74. The molecular formula is C18H28BrNO. The van der Waals surface area contributed by atoms with Crippen LogP contribution in [0.5, 0.6) is 5.75 Å². The summed E-state index contributed by atoms with van der Waals surface area (Å²) in [5.74, 6) is 1.03. The predicted molar refractivity (Wildman–Crippen MR) is 93.1 cm³/mol. The van der Waals surface area contributed by atoms with Crippen LogP contribution in [-0.4, -0.2) is 19.2 Å². The zero-order valence-electron chi connectivity index (χ0n) is 13.5. The molecule has 2 nitrogen and oxygen atoms in total. The van der Waals surface area contributed by atoms with Gasteiger partial charge in [-0.15, -0.1) is 0 Å². The molecule has 118 valence electrons. The fourth-order valence-electron chi connectivity index (χ4n) is 2.54. The first-order chi connectivity index (χ1) is 10.00. The molecule has 0 aliphatic heterocycles. The Hall–Kier alpha value is -0.540. The highest BCUT2D eigenvalue weighted by atomic mass is 79.9. The zero-order chi connectivity index (χ0) is 15.3.